The molecule has 0 bridgehead atoms. The number of methoxy groups -OCH3 is 1. The average molecular weight is 290 g/mol. The third-order valence-corrected chi connectivity index (χ3v) is 4.62. The topological polar surface area (TPSA) is 24.5 Å². The average Bonchev–Trinajstić information content (AvgIpc) is 3.02. The van der Waals surface area contributed by atoms with Crippen LogP contribution in [0.15, 0.2) is 24.3 Å². The van der Waals surface area contributed by atoms with Crippen LogP contribution >= 0.6 is 0 Å². The van der Waals surface area contributed by atoms with Crippen LogP contribution in [0.1, 0.15) is 38.2 Å². The second-order valence-corrected chi connectivity index (χ2v) is 6.29. The number of hydrogen-bond donors (Lipinski definition) is 1. The predicted molar refractivity (Wildman–Crippen MR) is 89.0 cm³/mol. The monoisotopic (exact) mass is 290 g/mol. The van der Waals surface area contributed by atoms with Crippen molar-refractivity contribution in [3.63, 3.8) is 0 Å². The van der Waals surface area contributed by atoms with Gasteiger partial charge in [0.2, 0.25) is 0 Å². The highest BCUT2D eigenvalue weighted by molar-refractivity contribution is 5.33. The molecule has 0 heterocycles. The summed E-state index contributed by atoms with van der Waals surface area (Å²) in [6, 6.07) is 9.59. The fourth-order valence-corrected chi connectivity index (χ4v) is 3.29. The number of ether oxygens (including phenoxy) is 1. The molecule has 0 aliphatic heterocycles. The highest BCUT2D eigenvalue weighted by Gasteiger charge is 2.19. The molecule has 3 heteroatoms. The van der Waals surface area contributed by atoms with Gasteiger partial charge in [0.15, 0.2) is 0 Å². The maximum absolute atomic E-state index is 5.42. The number of hydrogen-bond acceptors (Lipinski definition) is 3. The van der Waals surface area contributed by atoms with Crippen LogP contribution in [0.3, 0.4) is 0 Å². The molecule has 0 saturated heterocycles. The minimum Gasteiger partial charge on any atom is -0.496 e. The van der Waals surface area contributed by atoms with Crippen LogP contribution < -0.4 is 10.1 Å². The van der Waals surface area contributed by atoms with Gasteiger partial charge in [-0.25, -0.2) is 0 Å². The van der Waals surface area contributed by atoms with Crippen molar-refractivity contribution >= 4 is 0 Å². The fraction of sp³-hybridized carbons (Fsp3) is 0.667. The molecule has 1 saturated carbocycles. The Morgan fingerprint density at radius 2 is 2.00 bits per heavy atom. The molecule has 1 fully saturated rings. The van der Waals surface area contributed by atoms with Crippen molar-refractivity contribution in [2.24, 2.45) is 0 Å². The Labute approximate surface area is 129 Å². The molecule has 1 aliphatic carbocycles. The molecule has 1 unspecified atom stereocenters. The van der Waals surface area contributed by atoms with E-state index in [0.717, 1.165) is 31.3 Å². The molecule has 1 N–H and O–H groups in total. The Balaban J connectivity index is 1.70. The van der Waals surface area contributed by atoms with E-state index in [9.17, 15) is 0 Å². The summed E-state index contributed by atoms with van der Waals surface area (Å²) in [6.45, 7) is 4.45. The molecule has 0 aromatic heterocycles. The molecule has 0 amide bonds. The van der Waals surface area contributed by atoms with Crippen molar-refractivity contribution in [1.82, 2.24) is 10.2 Å². The first-order valence-corrected chi connectivity index (χ1v) is 8.26. The van der Waals surface area contributed by atoms with E-state index >= 15 is 0 Å². The summed E-state index contributed by atoms with van der Waals surface area (Å²) in [4.78, 5) is 2.52. The Kier molecular flexibility index (Phi) is 6.52. The molecule has 1 aromatic carbocycles. The Morgan fingerprint density at radius 3 is 2.71 bits per heavy atom. The maximum Gasteiger partial charge on any atom is 0.122 e. The van der Waals surface area contributed by atoms with Crippen LogP contribution in [0.4, 0.5) is 0 Å². The fourth-order valence-electron chi connectivity index (χ4n) is 3.29. The van der Waals surface area contributed by atoms with Crippen molar-refractivity contribution in [2.45, 2.75) is 51.1 Å². The van der Waals surface area contributed by atoms with Crippen LogP contribution in [0.2, 0.25) is 0 Å². The van der Waals surface area contributed by atoms with Gasteiger partial charge in [0.25, 0.3) is 0 Å². The van der Waals surface area contributed by atoms with Crippen molar-refractivity contribution < 1.29 is 4.74 Å². The highest BCUT2D eigenvalue weighted by Crippen LogP contribution is 2.22. The lowest BCUT2D eigenvalue weighted by atomic mass is 10.1. The lowest BCUT2D eigenvalue weighted by Crippen LogP contribution is -2.38. The summed E-state index contributed by atoms with van der Waals surface area (Å²) in [7, 11) is 4.01. The van der Waals surface area contributed by atoms with Gasteiger partial charge in [0.1, 0.15) is 5.75 Å². The summed E-state index contributed by atoms with van der Waals surface area (Å²) in [6.07, 6.45) is 6.59. The van der Waals surface area contributed by atoms with E-state index in [2.05, 4.69) is 36.3 Å². The first-order chi connectivity index (χ1) is 10.2. The van der Waals surface area contributed by atoms with E-state index in [0.29, 0.717) is 6.04 Å². The predicted octanol–water partition coefficient (Wildman–Crippen LogP) is 3.09. The minimum absolute atomic E-state index is 0.471. The zero-order valence-electron chi connectivity index (χ0n) is 13.8. The molecule has 0 spiro atoms. The lowest BCUT2D eigenvalue weighted by molar-refractivity contribution is 0.242. The minimum atomic E-state index is 0.471. The SMILES string of the molecule is COc1ccccc1CC(C)NCCN(C)C1CCCC1. The van der Waals surface area contributed by atoms with Gasteiger partial charge < -0.3 is 15.0 Å². The molecule has 1 aromatic rings. The van der Waals surface area contributed by atoms with E-state index in [1.807, 2.05) is 12.1 Å². The van der Waals surface area contributed by atoms with E-state index in [1.54, 1.807) is 7.11 Å². The smallest absolute Gasteiger partial charge is 0.122 e. The third kappa shape index (κ3) is 5.01. The largest absolute Gasteiger partial charge is 0.496 e. The van der Waals surface area contributed by atoms with Gasteiger partial charge in [-0.2, -0.15) is 0 Å². The highest BCUT2D eigenvalue weighted by atomic mass is 16.5. The van der Waals surface area contributed by atoms with E-state index in [1.165, 1.54) is 31.2 Å². The number of nitrogens with zero attached hydrogens (tertiary/aromatic N) is 1. The summed E-state index contributed by atoms with van der Waals surface area (Å²) in [5, 5.41) is 3.64. The first kappa shape index (κ1) is 16.3. The van der Waals surface area contributed by atoms with Crippen molar-refractivity contribution in [3.05, 3.63) is 29.8 Å². The molecular formula is C18H30N2O. The summed E-state index contributed by atoms with van der Waals surface area (Å²) in [5.41, 5.74) is 1.28. The van der Waals surface area contributed by atoms with Crippen LogP contribution in [-0.4, -0.2) is 44.2 Å². The van der Waals surface area contributed by atoms with E-state index in [4.69, 9.17) is 4.74 Å². The molecule has 0 radical (unpaired) electrons. The summed E-state index contributed by atoms with van der Waals surface area (Å²) < 4.78 is 5.42. The van der Waals surface area contributed by atoms with Crippen LogP contribution in [-0.2, 0) is 6.42 Å². The quantitative estimate of drug-likeness (QED) is 0.796. The molecule has 2 rings (SSSR count). The number of nitrogens with one attached hydrogen (secondary N) is 1. The van der Waals surface area contributed by atoms with Crippen molar-refractivity contribution in [1.29, 1.82) is 0 Å². The number of benzene rings is 1. The summed E-state index contributed by atoms with van der Waals surface area (Å²) >= 11 is 0. The van der Waals surface area contributed by atoms with Crippen molar-refractivity contribution in [2.75, 3.05) is 27.2 Å². The van der Waals surface area contributed by atoms with Crippen LogP contribution in [0, 0.1) is 0 Å². The van der Waals surface area contributed by atoms with Gasteiger partial charge in [-0.05, 0) is 44.9 Å². The molecule has 1 atom stereocenters. The van der Waals surface area contributed by atoms with Gasteiger partial charge in [-0.15, -0.1) is 0 Å². The van der Waals surface area contributed by atoms with E-state index < -0.39 is 0 Å². The Morgan fingerprint density at radius 1 is 1.29 bits per heavy atom. The van der Waals surface area contributed by atoms with Crippen LogP contribution in [0.5, 0.6) is 5.75 Å². The van der Waals surface area contributed by atoms with Gasteiger partial charge >= 0.3 is 0 Å². The number of rotatable bonds is 8. The number of para-hydroxylation sites is 1. The summed E-state index contributed by atoms with van der Waals surface area (Å²) in [5.74, 6) is 0.995. The lowest BCUT2D eigenvalue weighted by Gasteiger charge is -2.25. The zero-order valence-corrected chi connectivity index (χ0v) is 13.8. The number of likely N-dealkylation sites (N-methyl/N-ethyl adjacent to an activating group) is 1. The third-order valence-electron chi connectivity index (χ3n) is 4.62. The molecule has 21 heavy (non-hydrogen) atoms. The van der Waals surface area contributed by atoms with Gasteiger partial charge in [-0.3, -0.25) is 0 Å². The second-order valence-electron chi connectivity index (χ2n) is 6.29. The van der Waals surface area contributed by atoms with Gasteiger partial charge in [-0.1, -0.05) is 31.0 Å². The standard InChI is InChI=1S/C18H30N2O/c1-15(14-16-8-4-7-11-18(16)21-3)19-12-13-20(2)17-9-5-6-10-17/h4,7-8,11,15,17,19H,5-6,9-10,12-14H2,1-3H3. The Bertz CT molecular complexity index is 415. The van der Waals surface area contributed by atoms with Gasteiger partial charge in [0.05, 0.1) is 7.11 Å². The van der Waals surface area contributed by atoms with Gasteiger partial charge in [0, 0.05) is 25.2 Å². The molecular weight excluding hydrogens is 260 g/mol. The normalized spacial score (nSPS) is 17.3. The molecule has 118 valence electrons. The second kappa shape index (κ2) is 8.40. The zero-order chi connectivity index (χ0) is 15.1. The molecule has 3 nitrogen and oxygen atoms in total. The first-order valence-electron chi connectivity index (χ1n) is 8.26. The molecule has 1 aliphatic rings. The van der Waals surface area contributed by atoms with E-state index in [-0.39, 0.29) is 0 Å². The Hall–Kier alpha value is -1.06. The van der Waals surface area contributed by atoms with Crippen molar-refractivity contribution in [3.8, 4) is 5.75 Å². The maximum atomic E-state index is 5.42. The van der Waals surface area contributed by atoms with Crippen LogP contribution in [0.25, 0.3) is 0 Å².